The van der Waals surface area contributed by atoms with Crippen molar-refractivity contribution in [2.75, 3.05) is 18.0 Å². The highest BCUT2D eigenvalue weighted by Crippen LogP contribution is 2.26. The molecule has 0 atom stereocenters. The van der Waals surface area contributed by atoms with E-state index in [0.717, 1.165) is 37.3 Å². The number of rotatable bonds is 2. The first-order valence-corrected chi connectivity index (χ1v) is 8.09. The Labute approximate surface area is 152 Å². The van der Waals surface area contributed by atoms with Crippen LogP contribution in [0.3, 0.4) is 0 Å². The second kappa shape index (κ2) is 9.12. The third-order valence-electron chi connectivity index (χ3n) is 4.14. The van der Waals surface area contributed by atoms with Crippen LogP contribution < -0.4 is 9.88 Å². The maximum absolute atomic E-state index is 10.9. The van der Waals surface area contributed by atoms with Crippen LogP contribution in [0.1, 0.15) is 24.0 Å². The van der Waals surface area contributed by atoms with Crippen molar-refractivity contribution in [1.82, 2.24) is 0 Å². The quantitative estimate of drug-likeness (QED) is 0.615. The lowest BCUT2D eigenvalue weighted by molar-refractivity contribution is -0.363. The number of hydrogen-bond acceptors (Lipinski definition) is 5. The molecular formula is C20H18N4O2. The minimum atomic E-state index is 0. The molecule has 3 rings (SSSR count). The molecular weight excluding hydrogens is 328 g/mol. The van der Waals surface area contributed by atoms with Gasteiger partial charge in [0, 0.05) is 18.4 Å². The molecule has 0 aliphatic carbocycles. The molecule has 0 unspecified atom stereocenters. The molecule has 26 heavy (non-hydrogen) atoms. The Morgan fingerprint density at radius 1 is 1.12 bits per heavy atom. The van der Waals surface area contributed by atoms with E-state index in [9.17, 15) is 4.91 Å². The number of nitrogens with zero attached hydrogens (tertiary/aromatic N) is 3. The molecule has 2 N–H and O–H groups in total. The van der Waals surface area contributed by atoms with Crippen LogP contribution >= 0.6 is 0 Å². The van der Waals surface area contributed by atoms with Crippen molar-refractivity contribution in [3.05, 3.63) is 70.3 Å². The molecule has 130 valence electrons. The number of anilines is 1. The summed E-state index contributed by atoms with van der Waals surface area (Å²) in [6, 6.07) is 12.8. The Bertz CT molecular complexity index is 892. The molecule has 0 radical (unpaired) electrons. The first-order chi connectivity index (χ1) is 12.3. The summed E-state index contributed by atoms with van der Waals surface area (Å²) in [7, 11) is 0. The third-order valence-corrected chi connectivity index (χ3v) is 4.14. The van der Waals surface area contributed by atoms with Crippen LogP contribution in [0.25, 0.3) is 0 Å². The highest BCUT2D eigenvalue weighted by Gasteiger charge is 2.24. The summed E-state index contributed by atoms with van der Waals surface area (Å²) in [5.41, 5.74) is 3.27. The molecule has 1 aliphatic heterocycles. The van der Waals surface area contributed by atoms with Crippen LogP contribution in [0.5, 0.6) is 0 Å². The molecule has 0 spiro atoms. The van der Waals surface area contributed by atoms with E-state index in [1.165, 1.54) is 5.57 Å². The highest BCUT2D eigenvalue weighted by atomic mass is 16.3. The normalized spacial score (nSPS) is 12.9. The Kier molecular flexibility index (Phi) is 6.61. The standard InChI is InChI=1S/C20H16N4O.H2O/c21-15-18-8-6-16(7-9-18)3-1-4-17-10-13-24(14-11-17)20-19(23-25)5-2-12-22-20;/h2,4-9,12H,10-11,13-14H2;1H2. The van der Waals surface area contributed by atoms with E-state index in [-0.39, 0.29) is 5.48 Å². The lowest BCUT2D eigenvalue weighted by atomic mass is 10.0. The van der Waals surface area contributed by atoms with Crippen LogP contribution in [-0.4, -0.2) is 18.6 Å². The summed E-state index contributed by atoms with van der Waals surface area (Å²) in [4.78, 5) is 16.2. The van der Waals surface area contributed by atoms with Crippen molar-refractivity contribution >= 4 is 11.5 Å². The number of pyridine rings is 1. The van der Waals surface area contributed by atoms with Gasteiger partial charge >= 0.3 is 5.82 Å². The van der Waals surface area contributed by atoms with Gasteiger partial charge in [0.25, 0.3) is 0 Å². The summed E-state index contributed by atoms with van der Waals surface area (Å²) < 4.78 is 0. The van der Waals surface area contributed by atoms with Crippen LogP contribution in [0, 0.1) is 28.1 Å². The van der Waals surface area contributed by atoms with Crippen molar-refractivity contribution < 1.29 is 10.5 Å². The second-order valence-electron chi connectivity index (χ2n) is 5.74. The molecule has 1 aliphatic rings. The van der Waals surface area contributed by atoms with Crippen LogP contribution in [0.4, 0.5) is 11.5 Å². The van der Waals surface area contributed by atoms with Gasteiger partial charge in [-0.05, 0) is 47.7 Å². The molecule has 0 bridgehead atoms. The average Bonchev–Trinajstić information content (AvgIpc) is 2.69. The Balaban J connectivity index is 0.00000243. The summed E-state index contributed by atoms with van der Waals surface area (Å²) in [6.45, 7) is 1.65. The Morgan fingerprint density at radius 3 is 2.46 bits per heavy atom. The Hall–Kier alpha value is -3.48. The van der Waals surface area contributed by atoms with E-state index in [1.54, 1.807) is 30.5 Å². The first-order valence-electron chi connectivity index (χ1n) is 8.09. The van der Waals surface area contributed by atoms with Crippen molar-refractivity contribution in [1.29, 1.82) is 5.26 Å². The number of nitrogens with one attached hydrogen (secondary N) is 1. The van der Waals surface area contributed by atoms with Crippen LogP contribution in [0.15, 0.2) is 59.4 Å². The predicted octanol–water partition coefficient (Wildman–Crippen LogP) is 3.17. The largest absolute Gasteiger partial charge is 0.870 e. The third kappa shape index (κ3) is 4.54. The van der Waals surface area contributed by atoms with Gasteiger partial charge in [-0.2, -0.15) is 5.26 Å². The summed E-state index contributed by atoms with van der Waals surface area (Å²) in [6.07, 6.45) is 5.59. The molecule has 1 aromatic carbocycles. The van der Waals surface area contributed by atoms with E-state index in [2.05, 4.69) is 33.0 Å². The van der Waals surface area contributed by atoms with E-state index >= 15 is 0 Å². The van der Waals surface area contributed by atoms with Crippen molar-refractivity contribution in [2.45, 2.75) is 12.8 Å². The SMILES string of the molecule is N#Cc1ccc(C#CC=C2CCN(c3[nH+]cccc3N=O)CC2)cc1.[OH-]. The van der Waals surface area contributed by atoms with Gasteiger partial charge in [0.05, 0.1) is 30.9 Å². The zero-order chi connectivity index (χ0) is 17.5. The van der Waals surface area contributed by atoms with Crippen molar-refractivity contribution in [3.63, 3.8) is 0 Å². The number of hydrogen-bond donors (Lipinski definition) is 0. The van der Waals surface area contributed by atoms with E-state index in [1.807, 2.05) is 18.2 Å². The smallest absolute Gasteiger partial charge is 0.304 e. The predicted molar refractivity (Wildman–Crippen MR) is 98.0 cm³/mol. The Morgan fingerprint density at radius 2 is 1.81 bits per heavy atom. The second-order valence-corrected chi connectivity index (χ2v) is 5.74. The van der Waals surface area contributed by atoms with Gasteiger partial charge in [0.1, 0.15) is 0 Å². The molecule has 6 nitrogen and oxygen atoms in total. The molecule has 1 fully saturated rings. The first kappa shape index (κ1) is 18.9. The summed E-state index contributed by atoms with van der Waals surface area (Å²) >= 11 is 0. The molecule has 2 heterocycles. The number of aromatic nitrogens is 1. The van der Waals surface area contributed by atoms with Gasteiger partial charge in [-0.15, -0.1) is 4.91 Å². The molecule has 6 heteroatoms. The molecule has 0 amide bonds. The van der Waals surface area contributed by atoms with Gasteiger partial charge in [-0.3, -0.25) is 4.90 Å². The summed E-state index contributed by atoms with van der Waals surface area (Å²) in [5, 5.41) is 11.9. The fraction of sp³-hybridized carbons (Fsp3) is 0.200. The van der Waals surface area contributed by atoms with Gasteiger partial charge in [0.2, 0.25) is 0 Å². The van der Waals surface area contributed by atoms with E-state index < -0.39 is 0 Å². The fourth-order valence-corrected chi connectivity index (χ4v) is 2.76. The van der Waals surface area contributed by atoms with E-state index in [4.69, 9.17) is 5.26 Å². The maximum atomic E-state index is 10.9. The number of allylic oxidation sites excluding steroid dienone is 1. The number of benzene rings is 1. The fourth-order valence-electron chi connectivity index (χ4n) is 2.76. The highest BCUT2D eigenvalue weighted by molar-refractivity contribution is 5.58. The van der Waals surface area contributed by atoms with Gasteiger partial charge in [0.15, 0.2) is 5.69 Å². The lowest BCUT2D eigenvalue weighted by Gasteiger charge is -2.23. The molecule has 0 saturated carbocycles. The minimum Gasteiger partial charge on any atom is -0.870 e. The number of nitroso groups, excluding NO2 is 1. The maximum Gasteiger partial charge on any atom is 0.304 e. The number of nitriles is 1. The number of H-pyrrole nitrogens is 1. The van der Waals surface area contributed by atoms with Crippen molar-refractivity contribution in [3.8, 4) is 17.9 Å². The van der Waals surface area contributed by atoms with Gasteiger partial charge < -0.3 is 5.48 Å². The molecule has 1 saturated heterocycles. The van der Waals surface area contributed by atoms with Crippen LogP contribution in [-0.2, 0) is 0 Å². The monoisotopic (exact) mass is 346 g/mol. The lowest BCUT2D eigenvalue weighted by Crippen LogP contribution is -2.34. The number of aromatic amines is 1. The average molecular weight is 346 g/mol. The minimum absolute atomic E-state index is 0. The molecule has 2 aromatic rings. The zero-order valence-corrected chi connectivity index (χ0v) is 14.1. The van der Waals surface area contributed by atoms with Crippen LogP contribution in [0.2, 0.25) is 0 Å². The van der Waals surface area contributed by atoms with Crippen molar-refractivity contribution in [2.24, 2.45) is 5.18 Å². The zero-order valence-electron chi connectivity index (χ0n) is 14.1. The number of piperidine rings is 1. The summed E-state index contributed by atoms with van der Waals surface area (Å²) in [5.74, 6) is 6.97. The topological polar surface area (TPSA) is 101 Å². The van der Waals surface area contributed by atoms with E-state index in [0.29, 0.717) is 11.3 Å². The molecule has 1 aromatic heterocycles. The van der Waals surface area contributed by atoms with Gasteiger partial charge in [-0.1, -0.05) is 17.4 Å². The van der Waals surface area contributed by atoms with Gasteiger partial charge in [-0.25, -0.2) is 4.98 Å².